The Kier molecular flexibility index (Phi) is 2.37. The van der Waals surface area contributed by atoms with Crippen molar-refractivity contribution in [3.63, 3.8) is 0 Å². The first kappa shape index (κ1) is 11.3. The summed E-state index contributed by atoms with van der Waals surface area (Å²) in [5.41, 5.74) is 10.9. The van der Waals surface area contributed by atoms with E-state index in [0.717, 1.165) is 42.5 Å². The summed E-state index contributed by atoms with van der Waals surface area (Å²) in [6.45, 7) is 1.89. The Hall–Kier alpha value is -1.52. The van der Waals surface area contributed by atoms with Gasteiger partial charge in [-0.05, 0) is 24.1 Å². The highest BCUT2D eigenvalue weighted by molar-refractivity contribution is 6.30. The molecule has 1 unspecified atom stereocenters. The highest BCUT2D eigenvalue weighted by Gasteiger charge is 2.29. The monoisotopic (exact) mass is 274 g/mol. The standard InChI is InChI=1S/C14H15ClN4/c15-9-1-2-11-8(5-9)6-12-13(11)17-18-14(12)19-4-3-10(16)7-19/h1-2,5,10H,3-4,6-7,16H2,(H,17,18). The third-order valence-electron chi connectivity index (χ3n) is 4.07. The third kappa shape index (κ3) is 1.67. The Morgan fingerprint density at radius 1 is 1.42 bits per heavy atom. The molecule has 1 aromatic heterocycles. The van der Waals surface area contributed by atoms with Crippen molar-refractivity contribution in [2.75, 3.05) is 18.0 Å². The van der Waals surface area contributed by atoms with Crippen LogP contribution in [-0.2, 0) is 6.42 Å². The van der Waals surface area contributed by atoms with Crippen LogP contribution < -0.4 is 10.6 Å². The van der Waals surface area contributed by atoms with E-state index in [1.807, 2.05) is 12.1 Å². The summed E-state index contributed by atoms with van der Waals surface area (Å²) in [7, 11) is 0. The fourth-order valence-corrected chi connectivity index (χ4v) is 3.32. The van der Waals surface area contributed by atoms with Crippen LogP contribution in [0.15, 0.2) is 18.2 Å². The maximum atomic E-state index is 6.07. The number of rotatable bonds is 1. The zero-order valence-electron chi connectivity index (χ0n) is 10.5. The first-order chi connectivity index (χ1) is 9.22. The number of anilines is 1. The molecule has 2 aliphatic rings. The van der Waals surface area contributed by atoms with Crippen LogP contribution >= 0.6 is 11.6 Å². The van der Waals surface area contributed by atoms with E-state index in [1.54, 1.807) is 0 Å². The molecule has 0 amide bonds. The molecule has 5 heteroatoms. The van der Waals surface area contributed by atoms with Crippen molar-refractivity contribution in [1.29, 1.82) is 0 Å². The van der Waals surface area contributed by atoms with E-state index in [2.05, 4.69) is 21.2 Å². The lowest BCUT2D eigenvalue weighted by molar-refractivity contribution is 0.751. The van der Waals surface area contributed by atoms with Gasteiger partial charge in [0.1, 0.15) is 0 Å². The number of aromatic nitrogens is 2. The Bertz CT molecular complexity index is 649. The van der Waals surface area contributed by atoms with Gasteiger partial charge in [0.25, 0.3) is 0 Å². The maximum Gasteiger partial charge on any atom is 0.154 e. The predicted molar refractivity (Wildman–Crippen MR) is 76.6 cm³/mol. The van der Waals surface area contributed by atoms with Crippen LogP contribution in [0.4, 0.5) is 5.82 Å². The maximum absolute atomic E-state index is 6.07. The number of benzene rings is 1. The molecule has 98 valence electrons. The molecule has 3 N–H and O–H groups in total. The normalized spacial score (nSPS) is 20.7. The van der Waals surface area contributed by atoms with Gasteiger partial charge in [0, 0.05) is 41.7 Å². The number of halogens is 1. The molecule has 1 aromatic carbocycles. The summed E-state index contributed by atoms with van der Waals surface area (Å²) in [5, 5.41) is 8.46. The van der Waals surface area contributed by atoms with E-state index in [4.69, 9.17) is 17.3 Å². The Morgan fingerprint density at radius 3 is 3.11 bits per heavy atom. The van der Waals surface area contributed by atoms with E-state index in [1.165, 1.54) is 16.7 Å². The van der Waals surface area contributed by atoms with Crippen molar-refractivity contribution in [3.05, 3.63) is 34.3 Å². The second kappa shape index (κ2) is 3.99. The molecule has 19 heavy (non-hydrogen) atoms. The van der Waals surface area contributed by atoms with E-state index in [0.29, 0.717) is 0 Å². The van der Waals surface area contributed by atoms with Gasteiger partial charge in [0.2, 0.25) is 0 Å². The van der Waals surface area contributed by atoms with Gasteiger partial charge in [-0.25, -0.2) is 0 Å². The first-order valence-corrected chi connectivity index (χ1v) is 6.97. The quantitative estimate of drug-likeness (QED) is 0.715. The Labute approximate surface area is 116 Å². The lowest BCUT2D eigenvalue weighted by Gasteiger charge is -2.15. The number of hydrogen-bond donors (Lipinski definition) is 2. The minimum atomic E-state index is 0.269. The predicted octanol–water partition coefficient (Wildman–Crippen LogP) is 2.17. The van der Waals surface area contributed by atoms with Gasteiger partial charge in [0.05, 0.1) is 5.69 Å². The molecule has 4 rings (SSSR count). The largest absolute Gasteiger partial charge is 0.353 e. The molecular formula is C14H15ClN4. The SMILES string of the molecule is NC1CCN(c2n[nH]c3c2Cc2cc(Cl)ccc2-3)C1. The van der Waals surface area contributed by atoms with Crippen LogP contribution in [0.2, 0.25) is 5.02 Å². The fraction of sp³-hybridized carbons (Fsp3) is 0.357. The van der Waals surface area contributed by atoms with E-state index in [9.17, 15) is 0 Å². The summed E-state index contributed by atoms with van der Waals surface area (Å²) in [4.78, 5) is 2.29. The van der Waals surface area contributed by atoms with Crippen LogP contribution in [0.1, 0.15) is 17.5 Å². The van der Waals surface area contributed by atoms with Crippen LogP contribution in [0.3, 0.4) is 0 Å². The summed E-state index contributed by atoms with van der Waals surface area (Å²) >= 11 is 6.07. The van der Waals surface area contributed by atoms with Crippen LogP contribution in [0, 0.1) is 0 Å². The van der Waals surface area contributed by atoms with Gasteiger partial charge >= 0.3 is 0 Å². The van der Waals surface area contributed by atoms with Crippen molar-refractivity contribution in [2.45, 2.75) is 18.9 Å². The first-order valence-electron chi connectivity index (χ1n) is 6.59. The average molecular weight is 275 g/mol. The number of fused-ring (bicyclic) bond motifs is 3. The van der Waals surface area contributed by atoms with Crippen LogP contribution in [0.25, 0.3) is 11.3 Å². The number of nitrogens with two attached hydrogens (primary N) is 1. The molecule has 0 saturated carbocycles. The van der Waals surface area contributed by atoms with E-state index < -0.39 is 0 Å². The summed E-state index contributed by atoms with van der Waals surface area (Å²) in [5.74, 6) is 1.07. The second-order valence-electron chi connectivity index (χ2n) is 5.37. The highest BCUT2D eigenvalue weighted by Crippen LogP contribution is 2.41. The number of aromatic amines is 1. The number of nitrogens with one attached hydrogen (secondary N) is 1. The molecule has 0 spiro atoms. The average Bonchev–Trinajstić information content (AvgIpc) is 3.03. The number of hydrogen-bond acceptors (Lipinski definition) is 3. The van der Waals surface area contributed by atoms with Crippen molar-refractivity contribution >= 4 is 17.4 Å². The lowest BCUT2D eigenvalue weighted by atomic mass is 10.1. The van der Waals surface area contributed by atoms with Gasteiger partial charge in [-0.15, -0.1) is 0 Å². The number of nitrogens with zero attached hydrogens (tertiary/aromatic N) is 2. The molecule has 1 saturated heterocycles. The van der Waals surface area contributed by atoms with Gasteiger partial charge in [0.15, 0.2) is 5.82 Å². The van der Waals surface area contributed by atoms with Crippen LogP contribution in [-0.4, -0.2) is 29.3 Å². The molecule has 0 radical (unpaired) electrons. The molecule has 2 heterocycles. The van der Waals surface area contributed by atoms with E-state index in [-0.39, 0.29) is 6.04 Å². The Morgan fingerprint density at radius 2 is 2.32 bits per heavy atom. The summed E-state index contributed by atoms with van der Waals surface area (Å²) in [6, 6.07) is 6.32. The zero-order valence-corrected chi connectivity index (χ0v) is 11.2. The fourth-order valence-electron chi connectivity index (χ4n) is 3.13. The van der Waals surface area contributed by atoms with Gasteiger partial charge in [-0.1, -0.05) is 17.7 Å². The van der Waals surface area contributed by atoms with Crippen molar-refractivity contribution in [1.82, 2.24) is 10.2 Å². The summed E-state index contributed by atoms with van der Waals surface area (Å²) < 4.78 is 0. The molecule has 0 bridgehead atoms. The highest BCUT2D eigenvalue weighted by atomic mass is 35.5. The van der Waals surface area contributed by atoms with Crippen molar-refractivity contribution in [3.8, 4) is 11.3 Å². The molecule has 1 fully saturated rings. The molecule has 1 aliphatic carbocycles. The van der Waals surface area contributed by atoms with Gasteiger partial charge in [-0.3, -0.25) is 5.10 Å². The third-order valence-corrected chi connectivity index (χ3v) is 4.31. The molecule has 2 aromatic rings. The van der Waals surface area contributed by atoms with E-state index >= 15 is 0 Å². The van der Waals surface area contributed by atoms with Crippen LogP contribution in [0.5, 0.6) is 0 Å². The van der Waals surface area contributed by atoms with Gasteiger partial charge < -0.3 is 10.6 Å². The molecule has 4 nitrogen and oxygen atoms in total. The topological polar surface area (TPSA) is 57.9 Å². The summed E-state index contributed by atoms with van der Waals surface area (Å²) in [6.07, 6.45) is 1.95. The van der Waals surface area contributed by atoms with Crippen molar-refractivity contribution in [2.24, 2.45) is 5.73 Å². The second-order valence-corrected chi connectivity index (χ2v) is 5.81. The minimum Gasteiger partial charge on any atom is -0.353 e. The Balaban J connectivity index is 1.75. The minimum absolute atomic E-state index is 0.269. The van der Waals surface area contributed by atoms with Gasteiger partial charge in [-0.2, -0.15) is 5.10 Å². The smallest absolute Gasteiger partial charge is 0.154 e. The molecule has 1 aliphatic heterocycles. The zero-order chi connectivity index (χ0) is 13.0. The molecule has 1 atom stereocenters. The molecular weight excluding hydrogens is 260 g/mol. The number of H-pyrrole nitrogens is 1. The van der Waals surface area contributed by atoms with Crippen molar-refractivity contribution < 1.29 is 0 Å². The lowest BCUT2D eigenvalue weighted by Crippen LogP contribution is -2.27.